The maximum absolute atomic E-state index is 12.4. The van der Waals surface area contributed by atoms with Crippen molar-refractivity contribution in [3.8, 4) is 5.75 Å². The fourth-order valence-electron chi connectivity index (χ4n) is 1.79. The van der Waals surface area contributed by atoms with Gasteiger partial charge >= 0.3 is 0 Å². The molecule has 0 aromatic heterocycles. The molecule has 6 heteroatoms. The molecule has 2 rings (SSSR count). The summed E-state index contributed by atoms with van der Waals surface area (Å²) in [6.07, 6.45) is 0. The first-order chi connectivity index (χ1) is 9.44. The zero-order chi connectivity index (χ0) is 14.8. The number of aryl methyl sites for hydroxylation is 1. The molecule has 2 aromatic rings. The molecule has 2 aromatic carbocycles. The number of methoxy groups -OCH3 is 1. The average Bonchev–Trinajstić information content (AvgIpc) is 2.42. The first kappa shape index (κ1) is 14.2. The smallest absolute Gasteiger partial charge is 0.265 e. The molecule has 0 aliphatic rings. The average molecular weight is 292 g/mol. The van der Waals surface area contributed by atoms with Crippen LogP contribution in [-0.2, 0) is 10.0 Å². The van der Waals surface area contributed by atoms with Gasteiger partial charge in [-0.3, -0.25) is 4.72 Å². The van der Waals surface area contributed by atoms with E-state index in [9.17, 15) is 8.42 Å². The molecule has 0 amide bonds. The van der Waals surface area contributed by atoms with Crippen molar-refractivity contribution in [2.24, 2.45) is 0 Å². The first-order valence-electron chi connectivity index (χ1n) is 5.96. The van der Waals surface area contributed by atoms with Gasteiger partial charge < -0.3 is 10.5 Å². The Morgan fingerprint density at radius 1 is 1.15 bits per heavy atom. The quantitative estimate of drug-likeness (QED) is 0.848. The van der Waals surface area contributed by atoms with E-state index < -0.39 is 10.0 Å². The van der Waals surface area contributed by atoms with Gasteiger partial charge in [0, 0.05) is 11.4 Å². The van der Waals surface area contributed by atoms with Gasteiger partial charge in [0.15, 0.2) is 0 Å². The van der Waals surface area contributed by atoms with Crippen LogP contribution in [0.15, 0.2) is 47.4 Å². The number of anilines is 2. The van der Waals surface area contributed by atoms with Crippen LogP contribution >= 0.6 is 0 Å². The minimum Gasteiger partial charge on any atom is -0.495 e. The number of hydrogen-bond donors (Lipinski definition) is 2. The van der Waals surface area contributed by atoms with Crippen LogP contribution in [0.4, 0.5) is 11.4 Å². The summed E-state index contributed by atoms with van der Waals surface area (Å²) in [5, 5.41) is 0. The summed E-state index contributed by atoms with van der Waals surface area (Å²) in [7, 11) is -2.27. The maximum Gasteiger partial charge on any atom is 0.265 e. The third-order valence-corrected chi connectivity index (χ3v) is 4.30. The number of nitrogens with one attached hydrogen (secondary N) is 1. The Balaban J connectivity index is 2.38. The second-order valence-electron chi connectivity index (χ2n) is 4.33. The topological polar surface area (TPSA) is 81.4 Å². The fraction of sp³-hybridized carbons (Fsp3) is 0.143. The van der Waals surface area contributed by atoms with Crippen LogP contribution in [0, 0.1) is 6.92 Å². The summed E-state index contributed by atoms with van der Waals surface area (Å²) < 4.78 is 32.3. The van der Waals surface area contributed by atoms with E-state index in [-0.39, 0.29) is 4.90 Å². The molecule has 0 radical (unpaired) electrons. The summed E-state index contributed by atoms with van der Waals surface area (Å²) in [5.41, 5.74) is 7.60. The zero-order valence-corrected chi connectivity index (χ0v) is 12.1. The van der Waals surface area contributed by atoms with E-state index in [4.69, 9.17) is 10.5 Å². The van der Waals surface area contributed by atoms with Crippen molar-refractivity contribution in [3.63, 3.8) is 0 Å². The Hall–Kier alpha value is -2.21. The summed E-state index contributed by atoms with van der Waals surface area (Å²) in [5.74, 6) is 0.298. The number of ether oxygens (including phenoxy) is 1. The fourth-order valence-corrected chi connectivity index (χ4v) is 3.01. The highest BCUT2D eigenvalue weighted by atomic mass is 32.2. The molecule has 0 aliphatic heterocycles. The van der Waals surface area contributed by atoms with Crippen LogP contribution in [0.2, 0.25) is 0 Å². The lowest BCUT2D eigenvalue weighted by atomic mass is 10.2. The van der Waals surface area contributed by atoms with Crippen molar-refractivity contribution in [2.75, 3.05) is 17.6 Å². The molecule has 0 atom stereocenters. The molecular weight excluding hydrogens is 276 g/mol. The summed E-state index contributed by atoms with van der Waals surface area (Å²) in [6, 6.07) is 11.4. The normalized spacial score (nSPS) is 11.1. The van der Waals surface area contributed by atoms with Crippen LogP contribution < -0.4 is 15.2 Å². The molecular formula is C14H16N2O3S. The molecule has 0 aliphatic carbocycles. The Kier molecular flexibility index (Phi) is 3.85. The highest BCUT2D eigenvalue weighted by Gasteiger charge is 2.19. The minimum absolute atomic E-state index is 0.0944. The Morgan fingerprint density at radius 3 is 2.50 bits per heavy atom. The van der Waals surface area contributed by atoms with Gasteiger partial charge in [-0.2, -0.15) is 0 Å². The number of sulfonamides is 1. The highest BCUT2D eigenvalue weighted by molar-refractivity contribution is 7.92. The van der Waals surface area contributed by atoms with Crippen molar-refractivity contribution in [1.29, 1.82) is 0 Å². The van der Waals surface area contributed by atoms with Crippen molar-refractivity contribution in [2.45, 2.75) is 11.8 Å². The second kappa shape index (κ2) is 5.42. The van der Waals surface area contributed by atoms with E-state index in [1.807, 2.05) is 6.92 Å². The third kappa shape index (κ3) is 2.85. The molecule has 0 saturated heterocycles. The van der Waals surface area contributed by atoms with Crippen molar-refractivity contribution < 1.29 is 13.2 Å². The summed E-state index contributed by atoms with van der Waals surface area (Å²) in [6.45, 7) is 1.82. The van der Waals surface area contributed by atoms with Crippen LogP contribution in [0.25, 0.3) is 0 Å². The molecule has 0 spiro atoms. The lowest BCUT2D eigenvalue weighted by Crippen LogP contribution is -2.14. The predicted octanol–water partition coefficient (Wildman–Crippen LogP) is 2.39. The Bertz CT molecular complexity index is 727. The first-order valence-corrected chi connectivity index (χ1v) is 7.44. The largest absolute Gasteiger partial charge is 0.495 e. The SMILES string of the molecule is COc1ccccc1S(=O)(=O)Nc1ccc(N)c(C)c1. The van der Waals surface area contributed by atoms with E-state index in [1.54, 1.807) is 36.4 Å². The van der Waals surface area contributed by atoms with E-state index in [2.05, 4.69) is 4.72 Å². The zero-order valence-electron chi connectivity index (χ0n) is 11.3. The molecule has 0 bridgehead atoms. The van der Waals surface area contributed by atoms with E-state index in [1.165, 1.54) is 13.2 Å². The number of rotatable bonds is 4. The summed E-state index contributed by atoms with van der Waals surface area (Å²) >= 11 is 0. The third-order valence-electron chi connectivity index (χ3n) is 2.88. The molecule has 20 heavy (non-hydrogen) atoms. The highest BCUT2D eigenvalue weighted by Crippen LogP contribution is 2.26. The van der Waals surface area contributed by atoms with Gasteiger partial charge in [-0.1, -0.05) is 12.1 Å². The van der Waals surface area contributed by atoms with Gasteiger partial charge in [-0.15, -0.1) is 0 Å². The predicted molar refractivity (Wildman–Crippen MR) is 79.4 cm³/mol. The van der Waals surface area contributed by atoms with Crippen molar-refractivity contribution in [1.82, 2.24) is 0 Å². The van der Waals surface area contributed by atoms with Crippen LogP contribution in [-0.4, -0.2) is 15.5 Å². The second-order valence-corrected chi connectivity index (χ2v) is 5.98. The van der Waals surface area contributed by atoms with E-state index in [0.29, 0.717) is 17.1 Å². The van der Waals surface area contributed by atoms with Gasteiger partial charge in [0.2, 0.25) is 0 Å². The molecule has 0 unspecified atom stereocenters. The minimum atomic E-state index is -3.70. The summed E-state index contributed by atoms with van der Waals surface area (Å²) in [4.78, 5) is 0.0944. The Labute approximate surface area is 118 Å². The molecule has 3 N–H and O–H groups in total. The van der Waals surface area contributed by atoms with Crippen LogP contribution in [0.3, 0.4) is 0 Å². The van der Waals surface area contributed by atoms with Gasteiger partial charge in [0.25, 0.3) is 10.0 Å². The number of nitrogens with two attached hydrogens (primary N) is 1. The van der Waals surface area contributed by atoms with Crippen LogP contribution in [0.1, 0.15) is 5.56 Å². The van der Waals surface area contributed by atoms with E-state index in [0.717, 1.165) is 5.56 Å². The molecule has 106 valence electrons. The Morgan fingerprint density at radius 2 is 1.85 bits per heavy atom. The lowest BCUT2D eigenvalue weighted by molar-refractivity contribution is 0.403. The van der Waals surface area contributed by atoms with Crippen LogP contribution in [0.5, 0.6) is 5.75 Å². The van der Waals surface area contributed by atoms with Crippen molar-refractivity contribution >= 4 is 21.4 Å². The maximum atomic E-state index is 12.4. The standard InChI is InChI=1S/C14H16N2O3S/c1-10-9-11(7-8-12(10)15)16-20(17,18)14-6-4-3-5-13(14)19-2/h3-9,16H,15H2,1-2H3. The monoisotopic (exact) mass is 292 g/mol. The number of benzene rings is 2. The van der Waals surface area contributed by atoms with Gasteiger partial charge in [-0.25, -0.2) is 8.42 Å². The lowest BCUT2D eigenvalue weighted by Gasteiger charge is -2.12. The molecule has 5 nitrogen and oxygen atoms in total. The molecule has 0 heterocycles. The molecule has 0 fully saturated rings. The number of nitrogen functional groups attached to an aromatic ring is 1. The van der Waals surface area contributed by atoms with Gasteiger partial charge in [0.1, 0.15) is 10.6 Å². The molecule has 0 saturated carbocycles. The number of hydrogen-bond acceptors (Lipinski definition) is 4. The van der Waals surface area contributed by atoms with Crippen molar-refractivity contribution in [3.05, 3.63) is 48.0 Å². The van der Waals surface area contributed by atoms with Gasteiger partial charge in [-0.05, 0) is 42.8 Å². The van der Waals surface area contributed by atoms with Gasteiger partial charge in [0.05, 0.1) is 7.11 Å². The van der Waals surface area contributed by atoms with E-state index >= 15 is 0 Å². The number of para-hydroxylation sites is 1.